The van der Waals surface area contributed by atoms with Crippen LogP contribution in [0.3, 0.4) is 0 Å². The van der Waals surface area contributed by atoms with Crippen LogP contribution < -0.4 is 10.6 Å². The van der Waals surface area contributed by atoms with Crippen LogP contribution in [0.25, 0.3) is 11.3 Å². The Morgan fingerprint density at radius 1 is 0.978 bits per heavy atom. The van der Waals surface area contributed by atoms with Crippen molar-refractivity contribution in [3.8, 4) is 11.3 Å². The van der Waals surface area contributed by atoms with Crippen LogP contribution in [-0.4, -0.2) is 64.6 Å². The van der Waals surface area contributed by atoms with Gasteiger partial charge in [-0.1, -0.05) is 50.3 Å². The second kappa shape index (κ2) is 14.6. The minimum absolute atomic E-state index is 0.00948. The fraction of sp³-hybridized carbons (Fsp3) is 0.667. The van der Waals surface area contributed by atoms with E-state index in [2.05, 4.69) is 15.7 Å². The number of nitrogens with zero attached hydrogens (tertiary/aromatic N) is 3. The second-order valence-corrected chi connectivity index (χ2v) is 13.0. The summed E-state index contributed by atoms with van der Waals surface area (Å²) in [5, 5.41) is 10.5. The molecular weight excluding hydrogens is 593 g/mol. The maximum atomic E-state index is 14.0. The minimum atomic E-state index is -4.59. The Bertz CT molecular complexity index is 1290. The molecule has 1 aromatic heterocycles. The van der Waals surface area contributed by atoms with E-state index in [9.17, 15) is 31.5 Å². The molecule has 2 amide bonds. The van der Waals surface area contributed by atoms with Crippen molar-refractivity contribution in [2.75, 3.05) is 26.2 Å². The first-order valence-electron chi connectivity index (χ1n) is 16.4. The highest BCUT2D eigenvalue weighted by Crippen LogP contribution is 2.40. The zero-order valence-corrected chi connectivity index (χ0v) is 25.7. The van der Waals surface area contributed by atoms with Crippen LogP contribution in [0.5, 0.6) is 0 Å². The van der Waals surface area contributed by atoms with Crippen molar-refractivity contribution in [2.24, 2.45) is 5.92 Å². The summed E-state index contributed by atoms with van der Waals surface area (Å²) < 4.78 is 70.9. The van der Waals surface area contributed by atoms with Crippen molar-refractivity contribution in [1.82, 2.24) is 25.3 Å². The molecule has 248 valence electrons. The molecule has 1 aromatic carbocycles. The number of carbonyl (C=O) groups is 2. The van der Waals surface area contributed by atoms with Gasteiger partial charge in [-0.3, -0.25) is 14.3 Å². The van der Waals surface area contributed by atoms with Crippen LogP contribution in [0.4, 0.5) is 22.0 Å². The third kappa shape index (κ3) is 9.04. The maximum Gasteiger partial charge on any atom is 0.417 e. The Balaban J connectivity index is 1.33. The molecule has 0 radical (unpaired) electrons. The van der Waals surface area contributed by atoms with Crippen molar-refractivity contribution in [3.63, 3.8) is 0 Å². The Labute approximate surface area is 261 Å². The average Bonchev–Trinajstić information content (AvgIpc) is 3.70. The van der Waals surface area contributed by atoms with Crippen molar-refractivity contribution in [2.45, 2.75) is 108 Å². The number of amides is 2. The lowest BCUT2D eigenvalue weighted by atomic mass is 9.89. The van der Waals surface area contributed by atoms with Crippen molar-refractivity contribution >= 4 is 11.8 Å². The van der Waals surface area contributed by atoms with E-state index in [0.29, 0.717) is 25.4 Å². The molecule has 2 saturated carbocycles. The number of benzene rings is 1. The Morgan fingerprint density at radius 2 is 1.64 bits per heavy atom. The molecule has 5 rings (SSSR count). The van der Waals surface area contributed by atoms with Crippen LogP contribution in [0, 0.1) is 5.92 Å². The number of hydrogen-bond donors (Lipinski definition) is 2. The lowest BCUT2D eigenvalue weighted by Gasteiger charge is -2.32. The van der Waals surface area contributed by atoms with Crippen LogP contribution in [0.1, 0.15) is 106 Å². The summed E-state index contributed by atoms with van der Waals surface area (Å²) in [6.45, 7) is 1.47. The molecule has 2 N–H and O–H groups in total. The van der Waals surface area contributed by atoms with E-state index in [1.165, 1.54) is 30.7 Å². The number of rotatable bonds is 11. The first-order chi connectivity index (χ1) is 21.5. The highest BCUT2D eigenvalue weighted by Gasteiger charge is 2.36. The standard InChI is InChI=1S/C33H44F5N5O2/c34-32(35)15-18-42(19-16-32)17-14-24(20-30(44)39-22-23-8-2-1-3-9-23)40-31(45)28-21-29(43(41-28)25-10-4-5-11-25)26-12-6-7-13-27(26)33(36,37)38/h6-7,12-13,21,23-25H,1-5,8-11,14-20,22H2,(H,39,44)(H,40,45). The van der Waals surface area contributed by atoms with Gasteiger partial charge in [0.05, 0.1) is 17.3 Å². The molecule has 1 aliphatic heterocycles. The number of hydrogen-bond acceptors (Lipinski definition) is 4. The average molecular weight is 638 g/mol. The van der Waals surface area contributed by atoms with E-state index in [1.807, 2.05) is 4.90 Å². The quantitative estimate of drug-likeness (QED) is 0.261. The van der Waals surface area contributed by atoms with Gasteiger partial charge in [0.1, 0.15) is 0 Å². The van der Waals surface area contributed by atoms with Gasteiger partial charge in [-0.05, 0) is 50.2 Å². The zero-order chi connectivity index (χ0) is 32.0. The van der Waals surface area contributed by atoms with Crippen molar-refractivity contribution < 1.29 is 31.5 Å². The molecule has 0 bridgehead atoms. The van der Waals surface area contributed by atoms with Crippen LogP contribution in [0.2, 0.25) is 0 Å². The molecule has 0 spiro atoms. The number of aromatic nitrogens is 2. The van der Waals surface area contributed by atoms with Crippen molar-refractivity contribution in [1.29, 1.82) is 0 Å². The van der Waals surface area contributed by atoms with E-state index in [-0.39, 0.29) is 61.3 Å². The summed E-state index contributed by atoms with van der Waals surface area (Å²) in [5.74, 6) is -3.02. The number of halogens is 5. The zero-order valence-electron chi connectivity index (χ0n) is 25.7. The number of nitrogens with one attached hydrogen (secondary N) is 2. The monoisotopic (exact) mass is 637 g/mol. The van der Waals surface area contributed by atoms with Gasteiger partial charge in [0.15, 0.2) is 5.69 Å². The van der Waals surface area contributed by atoms with Gasteiger partial charge in [0.2, 0.25) is 5.91 Å². The molecule has 1 unspecified atom stereocenters. The third-order valence-corrected chi connectivity index (χ3v) is 9.61. The molecule has 1 atom stereocenters. The summed E-state index contributed by atoms with van der Waals surface area (Å²) in [4.78, 5) is 28.5. The highest BCUT2D eigenvalue weighted by atomic mass is 19.4. The second-order valence-electron chi connectivity index (χ2n) is 13.0. The van der Waals surface area contributed by atoms with Gasteiger partial charge in [-0.15, -0.1) is 0 Å². The SMILES string of the molecule is O=C(CC(CCN1CCC(F)(F)CC1)NC(=O)c1cc(-c2ccccc2C(F)(F)F)n(C2CCCC2)n1)NCC1CCCCC1. The molecule has 45 heavy (non-hydrogen) atoms. The number of carbonyl (C=O) groups excluding carboxylic acids is 2. The smallest absolute Gasteiger partial charge is 0.356 e. The van der Waals surface area contributed by atoms with E-state index in [1.54, 1.807) is 4.68 Å². The van der Waals surface area contributed by atoms with Gasteiger partial charge in [-0.25, -0.2) is 8.78 Å². The summed E-state index contributed by atoms with van der Waals surface area (Å²) in [6, 6.07) is 5.98. The van der Waals surface area contributed by atoms with E-state index in [0.717, 1.165) is 57.4 Å². The fourth-order valence-electron chi connectivity index (χ4n) is 6.96. The Hall–Kier alpha value is -3.02. The van der Waals surface area contributed by atoms with Gasteiger partial charge in [-0.2, -0.15) is 18.3 Å². The number of piperidine rings is 1. The van der Waals surface area contributed by atoms with Gasteiger partial charge < -0.3 is 15.5 Å². The molecule has 3 fully saturated rings. The lowest BCUT2D eigenvalue weighted by Crippen LogP contribution is -2.44. The summed E-state index contributed by atoms with van der Waals surface area (Å²) >= 11 is 0. The fourth-order valence-corrected chi connectivity index (χ4v) is 6.96. The predicted molar refractivity (Wildman–Crippen MR) is 161 cm³/mol. The third-order valence-electron chi connectivity index (χ3n) is 9.61. The molecule has 2 aromatic rings. The molecule has 3 aliphatic rings. The molecular formula is C33H44F5N5O2. The Kier molecular flexibility index (Phi) is 10.8. The van der Waals surface area contributed by atoms with E-state index < -0.39 is 29.6 Å². The lowest BCUT2D eigenvalue weighted by molar-refractivity contribution is -0.137. The molecule has 1 saturated heterocycles. The molecule has 2 heterocycles. The minimum Gasteiger partial charge on any atom is -0.356 e. The summed E-state index contributed by atoms with van der Waals surface area (Å²) in [7, 11) is 0. The van der Waals surface area contributed by atoms with Gasteiger partial charge in [0, 0.05) is 57.0 Å². The van der Waals surface area contributed by atoms with Crippen molar-refractivity contribution in [3.05, 3.63) is 41.6 Å². The van der Waals surface area contributed by atoms with Crippen LogP contribution >= 0.6 is 0 Å². The van der Waals surface area contributed by atoms with E-state index in [4.69, 9.17) is 0 Å². The van der Waals surface area contributed by atoms with Gasteiger partial charge in [0.25, 0.3) is 11.8 Å². The van der Waals surface area contributed by atoms with Gasteiger partial charge >= 0.3 is 6.18 Å². The molecule has 7 nitrogen and oxygen atoms in total. The number of alkyl halides is 5. The largest absolute Gasteiger partial charge is 0.417 e. The maximum absolute atomic E-state index is 14.0. The first kappa shape index (κ1) is 33.3. The van der Waals surface area contributed by atoms with E-state index >= 15 is 0 Å². The summed E-state index contributed by atoms with van der Waals surface area (Å²) in [5.41, 5.74) is -0.616. The van der Waals surface area contributed by atoms with Crippen LogP contribution in [-0.2, 0) is 11.0 Å². The molecule has 2 aliphatic carbocycles. The molecule has 12 heteroatoms. The summed E-state index contributed by atoms with van der Waals surface area (Å²) in [6.07, 6.45) is 4.33. The Morgan fingerprint density at radius 3 is 2.33 bits per heavy atom. The normalized spacial score (nSPS) is 20.6. The van der Waals surface area contributed by atoms with Crippen LogP contribution in [0.15, 0.2) is 30.3 Å². The highest BCUT2D eigenvalue weighted by molar-refractivity contribution is 5.94. The topological polar surface area (TPSA) is 79.3 Å². The first-order valence-corrected chi connectivity index (χ1v) is 16.4. The predicted octanol–water partition coefficient (Wildman–Crippen LogP) is 6.99. The number of likely N-dealkylation sites (tertiary alicyclic amines) is 1.